The molecule has 0 radical (unpaired) electrons. The molecule has 1 aliphatic heterocycles. The van der Waals surface area contributed by atoms with Gasteiger partial charge < -0.3 is 9.47 Å². The fourth-order valence-corrected chi connectivity index (χ4v) is 4.17. The Morgan fingerprint density at radius 1 is 1.14 bits per heavy atom. The third kappa shape index (κ3) is 5.37. The first-order valence-electron chi connectivity index (χ1n) is 8.82. The number of pyridine rings is 1. The van der Waals surface area contributed by atoms with E-state index < -0.39 is 16.6 Å². The zero-order valence-corrected chi connectivity index (χ0v) is 15.9. The smallest absolute Gasteiger partial charge is 0.387 e. The third-order valence-corrected chi connectivity index (χ3v) is 6.16. The Hall–Kier alpha value is -2.30. The predicted octanol–water partition coefficient (Wildman–Crippen LogP) is 1.78. The lowest BCUT2D eigenvalue weighted by molar-refractivity contribution is -0.364. The van der Waals surface area contributed by atoms with Crippen LogP contribution < -0.4 is 15.0 Å². The quantitative estimate of drug-likeness (QED) is 0.712. The second-order valence-corrected chi connectivity index (χ2v) is 8.09. The number of H-pyrrole nitrogens is 1. The Morgan fingerprint density at radius 3 is 2.46 bits per heavy atom. The lowest BCUT2D eigenvalue weighted by atomic mass is 10.1. The van der Waals surface area contributed by atoms with Gasteiger partial charge in [0.1, 0.15) is 16.8 Å². The van der Waals surface area contributed by atoms with E-state index in [9.17, 15) is 17.2 Å². The van der Waals surface area contributed by atoms with Crippen LogP contribution in [0.15, 0.2) is 47.5 Å². The lowest BCUT2D eigenvalue weighted by Gasteiger charge is -2.25. The number of morpholine rings is 1. The molecule has 0 spiro atoms. The minimum Gasteiger partial charge on any atom is -0.435 e. The van der Waals surface area contributed by atoms with Crippen molar-refractivity contribution in [2.45, 2.75) is 17.9 Å². The van der Waals surface area contributed by atoms with Crippen LogP contribution >= 0.6 is 0 Å². The summed E-state index contributed by atoms with van der Waals surface area (Å²) < 4.78 is 60.3. The molecule has 152 valence electrons. The molecule has 28 heavy (non-hydrogen) atoms. The predicted molar refractivity (Wildman–Crippen MR) is 97.8 cm³/mol. The van der Waals surface area contributed by atoms with E-state index in [-0.39, 0.29) is 10.6 Å². The van der Waals surface area contributed by atoms with E-state index in [0.29, 0.717) is 45.1 Å². The van der Waals surface area contributed by atoms with Gasteiger partial charge in [0.25, 0.3) is 5.82 Å². The molecular weight excluding hydrogens is 392 g/mol. The molecule has 2 N–H and O–H groups in total. The molecule has 1 fully saturated rings. The molecule has 0 saturated carbocycles. The maximum atomic E-state index is 12.6. The highest BCUT2D eigenvalue weighted by Crippen LogP contribution is 2.17. The van der Waals surface area contributed by atoms with Gasteiger partial charge >= 0.3 is 6.61 Å². The van der Waals surface area contributed by atoms with Crippen LogP contribution in [0.1, 0.15) is 5.56 Å². The van der Waals surface area contributed by atoms with Gasteiger partial charge in [0.2, 0.25) is 10.0 Å². The number of rotatable bonds is 8. The molecule has 0 atom stereocenters. The van der Waals surface area contributed by atoms with Crippen molar-refractivity contribution in [3.63, 3.8) is 0 Å². The van der Waals surface area contributed by atoms with Crippen molar-refractivity contribution in [3.8, 4) is 5.75 Å². The largest absolute Gasteiger partial charge is 0.435 e. The molecule has 0 unspecified atom stereocenters. The average Bonchev–Trinajstić information content (AvgIpc) is 2.70. The van der Waals surface area contributed by atoms with Gasteiger partial charge in [-0.1, -0.05) is 12.1 Å². The minimum absolute atomic E-state index is 0.122. The summed E-state index contributed by atoms with van der Waals surface area (Å²) in [5.74, 6) is 0.802. The van der Waals surface area contributed by atoms with E-state index in [1.807, 2.05) is 0 Å². The first kappa shape index (κ1) is 20.4. The number of nitrogens with zero attached hydrogens (tertiary/aromatic N) is 1. The Morgan fingerprint density at radius 2 is 1.86 bits per heavy atom. The SMILES string of the molecule is O=S(=O)(c1ccc(NCCc2ccc(OC(F)F)cc2)[nH+]c1)N1CCOCC1. The van der Waals surface area contributed by atoms with E-state index in [2.05, 4.69) is 15.0 Å². The summed E-state index contributed by atoms with van der Waals surface area (Å²) in [7, 11) is -3.53. The molecule has 1 aromatic carbocycles. The highest BCUT2D eigenvalue weighted by molar-refractivity contribution is 7.89. The van der Waals surface area contributed by atoms with Gasteiger partial charge in [-0.15, -0.1) is 0 Å². The van der Waals surface area contributed by atoms with E-state index >= 15 is 0 Å². The maximum absolute atomic E-state index is 12.6. The third-order valence-electron chi connectivity index (χ3n) is 4.27. The Labute approximate surface area is 162 Å². The highest BCUT2D eigenvalue weighted by atomic mass is 32.2. The van der Waals surface area contributed by atoms with Crippen LogP contribution in [0.25, 0.3) is 0 Å². The van der Waals surface area contributed by atoms with E-state index in [1.54, 1.807) is 24.3 Å². The van der Waals surface area contributed by atoms with Crippen LogP contribution in [0.3, 0.4) is 0 Å². The number of ether oxygens (including phenoxy) is 2. The van der Waals surface area contributed by atoms with Crippen LogP contribution in [0.5, 0.6) is 5.75 Å². The molecule has 2 heterocycles. The highest BCUT2D eigenvalue weighted by Gasteiger charge is 2.27. The van der Waals surface area contributed by atoms with E-state index in [0.717, 1.165) is 5.56 Å². The summed E-state index contributed by atoms with van der Waals surface area (Å²) in [6.07, 6.45) is 2.13. The number of nitrogens with one attached hydrogen (secondary N) is 2. The average molecular weight is 414 g/mol. The van der Waals surface area contributed by atoms with Gasteiger partial charge in [0, 0.05) is 25.6 Å². The standard InChI is InChI=1S/C18H21F2N3O4S/c19-18(20)27-15-3-1-14(2-4-15)7-8-21-17-6-5-16(13-22-17)28(24,25)23-9-11-26-12-10-23/h1-6,13,18H,7-12H2,(H,21,22)/p+1. The molecule has 10 heteroatoms. The minimum atomic E-state index is -3.53. The second-order valence-electron chi connectivity index (χ2n) is 6.15. The van der Waals surface area contributed by atoms with E-state index in [1.165, 1.54) is 22.6 Å². The first-order chi connectivity index (χ1) is 13.4. The van der Waals surface area contributed by atoms with Crippen LogP contribution in [-0.4, -0.2) is 52.2 Å². The van der Waals surface area contributed by atoms with Gasteiger partial charge in [0.05, 0.1) is 19.8 Å². The van der Waals surface area contributed by atoms with Gasteiger partial charge in [-0.25, -0.2) is 13.4 Å². The van der Waals surface area contributed by atoms with Gasteiger partial charge in [0.15, 0.2) is 0 Å². The summed E-state index contributed by atoms with van der Waals surface area (Å²) in [4.78, 5) is 3.15. The molecule has 1 aromatic heterocycles. The molecule has 1 saturated heterocycles. The molecular formula is C18H22F2N3O4S+. The first-order valence-corrected chi connectivity index (χ1v) is 10.3. The van der Waals surface area contributed by atoms with Crippen molar-refractivity contribution in [2.75, 3.05) is 38.2 Å². The van der Waals surface area contributed by atoms with Crippen molar-refractivity contribution in [1.29, 1.82) is 0 Å². The van der Waals surface area contributed by atoms with Crippen LogP contribution in [0.4, 0.5) is 14.6 Å². The lowest BCUT2D eigenvalue weighted by Crippen LogP contribution is -2.40. The summed E-state index contributed by atoms with van der Waals surface area (Å²) in [6, 6.07) is 9.67. The van der Waals surface area contributed by atoms with Gasteiger partial charge in [-0.3, -0.25) is 5.32 Å². The number of alkyl halides is 2. The number of sulfonamides is 1. The number of hydrogen-bond acceptors (Lipinski definition) is 5. The van der Waals surface area contributed by atoms with Crippen molar-refractivity contribution in [2.24, 2.45) is 0 Å². The monoisotopic (exact) mass is 414 g/mol. The van der Waals surface area contributed by atoms with Crippen LogP contribution in [0, 0.1) is 0 Å². The summed E-state index contributed by atoms with van der Waals surface area (Å²) in [5, 5.41) is 3.16. The Bertz CT molecular complexity index is 855. The molecule has 1 aliphatic rings. The Balaban J connectivity index is 1.52. The van der Waals surface area contributed by atoms with Crippen molar-refractivity contribution in [1.82, 2.24) is 4.31 Å². The number of halogens is 2. The molecule has 3 rings (SSSR count). The summed E-state index contributed by atoms with van der Waals surface area (Å²) in [6.45, 7) is -0.748. The van der Waals surface area contributed by atoms with Crippen LogP contribution in [0.2, 0.25) is 0 Å². The zero-order valence-electron chi connectivity index (χ0n) is 15.1. The topological polar surface area (TPSA) is 82.0 Å². The Kier molecular flexibility index (Phi) is 6.76. The summed E-state index contributed by atoms with van der Waals surface area (Å²) >= 11 is 0. The van der Waals surface area contributed by atoms with Crippen molar-refractivity contribution in [3.05, 3.63) is 48.2 Å². The van der Waals surface area contributed by atoms with Gasteiger partial charge in [-0.2, -0.15) is 13.1 Å². The summed E-state index contributed by atoms with van der Waals surface area (Å²) in [5.41, 5.74) is 0.959. The fourth-order valence-electron chi connectivity index (χ4n) is 2.80. The zero-order chi connectivity index (χ0) is 20.0. The second kappa shape index (κ2) is 9.26. The maximum Gasteiger partial charge on any atom is 0.387 e. The number of hydrogen-bond donors (Lipinski definition) is 1. The number of anilines is 1. The molecule has 0 amide bonds. The molecule has 0 bridgehead atoms. The van der Waals surface area contributed by atoms with Crippen LogP contribution in [-0.2, 0) is 21.2 Å². The molecule has 7 nitrogen and oxygen atoms in total. The van der Waals surface area contributed by atoms with Gasteiger partial charge in [-0.05, 0) is 23.8 Å². The number of aromatic nitrogens is 1. The molecule has 0 aliphatic carbocycles. The van der Waals surface area contributed by atoms with E-state index in [4.69, 9.17) is 4.74 Å². The van der Waals surface area contributed by atoms with Crippen molar-refractivity contribution < 1.29 is 31.7 Å². The molecule has 2 aromatic rings. The number of aromatic amines is 1. The van der Waals surface area contributed by atoms with Crippen molar-refractivity contribution >= 4 is 15.8 Å². The number of benzene rings is 1. The normalized spacial score (nSPS) is 15.5. The fraction of sp³-hybridized carbons (Fsp3) is 0.389.